The molecule has 1 fully saturated rings. The van der Waals surface area contributed by atoms with Crippen molar-refractivity contribution in [2.75, 3.05) is 26.4 Å². The van der Waals surface area contributed by atoms with E-state index in [4.69, 9.17) is 23.7 Å². The van der Waals surface area contributed by atoms with Gasteiger partial charge in [-0.25, -0.2) is 9.59 Å². The predicted octanol–water partition coefficient (Wildman–Crippen LogP) is 2.81. The molecule has 0 aromatic rings. The molecule has 0 unspecified atom stereocenters. The Morgan fingerprint density at radius 3 is 1.72 bits per heavy atom. The molecule has 1 aliphatic heterocycles. The second-order valence-electron chi connectivity index (χ2n) is 7.67. The Bertz CT molecular complexity index is 625. The Hall–Kier alpha value is -2.68. The standard InChI is InChI=1S/C23H34O9/c1-16(2)22(26)29-12-7-5-9-20(24)31-18-11-14-28-15-19(18)32-21(25)10-6-8-13-30-23(27)17(3)4/h18-19H,1,3,5-15H2,2,4H3/t18-,19+/m0/s1. The van der Waals surface area contributed by atoms with Crippen LogP contribution in [0.25, 0.3) is 0 Å². The van der Waals surface area contributed by atoms with Crippen molar-refractivity contribution in [3.8, 4) is 0 Å². The van der Waals surface area contributed by atoms with Crippen LogP contribution >= 0.6 is 0 Å². The normalized spacial score (nSPS) is 17.7. The first-order chi connectivity index (χ1) is 15.2. The van der Waals surface area contributed by atoms with E-state index in [1.54, 1.807) is 13.8 Å². The first-order valence-corrected chi connectivity index (χ1v) is 10.8. The molecule has 1 rings (SSSR count). The van der Waals surface area contributed by atoms with Gasteiger partial charge in [0.2, 0.25) is 0 Å². The highest BCUT2D eigenvalue weighted by molar-refractivity contribution is 5.87. The van der Waals surface area contributed by atoms with E-state index in [0.717, 1.165) is 0 Å². The van der Waals surface area contributed by atoms with Crippen LogP contribution in [0.1, 0.15) is 58.8 Å². The Kier molecular flexibility index (Phi) is 13.0. The van der Waals surface area contributed by atoms with E-state index in [1.165, 1.54) is 0 Å². The lowest BCUT2D eigenvalue weighted by Gasteiger charge is -2.30. The fourth-order valence-electron chi connectivity index (χ4n) is 2.71. The summed E-state index contributed by atoms with van der Waals surface area (Å²) in [7, 11) is 0. The molecular weight excluding hydrogens is 420 g/mol. The van der Waals surface area contributed by atoms with Gasteiger partial charge in [-0.2, -0.15) is 0 Å². The fourth-order valence-corrected chi connectivity index (χ4v) is 2.71. The van der Waals surface area contributed by atoms with Gasteiger partial charge in [0.05, 0.1) is 26.4 Å². The Labute approximate surface area is 189 Å². The van der Waals surface area contributed by atoms with E-state index in [2.05, 4.69) is 13.2 Å². The quantitative estimate of drug-likeness (QED) is 0.169. The minimum Gasteiger partial charge on any atom is -0.462 e. The molecule has 180 valence electrons. The SMILES string of the molecule is C=C(C)C(=O)OCCCCC(=O)O[C@H]1CCOC[C@H]1OC(=O)CCCCOC(=O)C(=C)C. The molecule has 1 saturated heterocycles. The van der Waals surface area contributed by atoms with Crippen LogP contribution in [0, 0.1) is 0 Å². The average Bonchev–Trinajstić information content (AvgIpc) is 2.74. The highest BCUT2D eigenvalue weighted by atomic mass is 16.6. The minimum absolute atomic E-state index is 0.157. The second kappa shape index (κ2) is 15.2. The van der Waals surface area contributed by atoms with Crippen molar-refractivity contribution in [1.82, 2.24) is 0 Å². The molecule has 0 saturated carbocycles. The molecule has 1 aliphatic rings. The van der Waals surface area contributed by atoms with Gasteiger partial charge in [-0.3, -0.25) is 9.59 Å². The third kappa shape index (κ3) is 11.6. The summed E-state index contributed by atoms with van der Waals surface area (Å²) in [6.45, 7) is 11.1. The van der Waals surface area contributed by atoms with Gasteiger partial charge in [0.25, 0.3) is 0 Å². The van der Waals surface area contributed by atoms with E-state index < -0.39 is 36.1 Å². The van der Waals surface area contributed by atoms with Crippen molar-refractivity contribution in [1.29, 1.82) is 0 Å². The van der Waals surface area contributed by atoms with Crippen LogP contribution < -0.4 is 0 Å². The molecule has 0 aromatic carbocycles. The predicted molar refractivity (Wildman–Crippen MR) is 114 cm³/mol. The Balaban J connectivity index is 2.26. The van der Waals surface area contributed by atoms with Crippen LogP contribution in [0.3, 0.4) is 0 Å². The summed E-state index contributed by atoms with van der Waals surface area (Å²) in [5, 5.41) is 0. The number of hydrogen-bond acceptors (Lipinski definition) is 9. The van der Waals surface area contributed by atoms with E-state index >= 15 is 0 Å². The third-order valence-corrected chi connectivity index (χ3v) is 4.52. The molecular formula is C23H34O9. The number of hydrogen-bond donors (Lipinski definition) is 0. The molecule has 0 amide bonds. The first-order valence-electron chi connectivity index (χ1n) is 10.8. The zero-order chi connectivity index (χ0) is 23.9. The van der Waals surface area contributed by atoms with Crippen molar-refractivity contribution < 1.29 is 42.9 Å². The number of carbonyl (C=O) groups is 4. The highest BCUT2D eigenvalue weighted by Gasteiger charge is 2.32. The molecule has 2 atom stereocenters. The number of rotatable bonds is 14. The molecule has 0 aliphatic carbocycles. The molecule has 0 spiro atoms. The Morgan fingerprint density at radius 2 is 1.25 bits per heavy atom. The molecule has 32 heavy (non-hydrogen) atoms. The maximum Gasteiger partial charge on any atom is 0.333 e. The van der Waals surface area contributed by atoms with Gasteiger partial charge in [-0.1, -0.05) is 13.2 Å². The summed E-state index contributed by atoms with van der Waals surface area (Å²) < 4.78 is 26.2. The number of unbranched alkanes of at least 4 members (excludes halogenated alkanes) is 2. The lowest BCUT2D eigenvalue weighted by Crippen LogP contribution is -2.43. The van der Waals surface area contributed by atoms with Crippen LogP contribution in [0.5, 0.6) is 0 Å². The molecule has 0 radical (unpaired) electrons. The van der Waals surface area contributed by atoms with E-state index in [1.807, 2.05) is 0 Å². The zero-order valence-electron chi connectivity index (χ0n) is 19.0. The van der Waals surface area contributed by atoms with Gasteiger partial charge in [0.1, 0.15) is 6.10 Å². The van der Waals surface area contributed by atoms with Crippen molar-refractivity contribution >= 4 is 23.9 Å². The largest absolute Gasteiger partial charge is 0.462 e. The third-order valence-electron chi connectivity index (χ3n) is 4.52. The zero-order valence-corrected chi connectivity index (χ0v) is 19.0. The smallest absolute Gasteiger partial charge is 0.333 e. The number of ether oxygens (including phenoxy) is 5. The van der Waals surface area contributed by atoms with E-state index in [9.17, 15) is 19.2 Å². The van der Waals surface area contributed by atoms with Crippen molar-refractivity contribution in [3.05, 3.63) is 24.3 Å². The molecule has 1 heterocycles. The maximum atomic E-state index is 12.1. The van der Waals surface area contributed by atoms with E-state index in [-0.39, 0.29) is 32.7 Å². The van der Waals surface area contributed by atoms with Crippen LogP contribution in [-0.2, 0) is 42.9 Å². The lowest BCUT2D eigenvalue weighted by molar-refractivity contribution is -0.182. The van der Waals surface area contributed by atoms with Crippen molar-refractivity contribution in [3.63, 3.8) is 0 Å². The van der Waals surface area contributed by atoms with Gasteiger partial charge in [-0.05, 0) is 39.5 Å². The number of carbonyl (C=O) groups excluding carboxylic acids is 4. The maximum absolute atomic E-state index is 12.1. The molecule has 9 heteroatoms. The minimum atomic E-state index is -0.655. The number of esters is 4. The molecule has 0 aromatic heterocycles. The van der Waals surface area contributed by atoms with Gasteiger partial charge in [0.15, 0.2) is 6.10 Å². The van der Waals surface area contributed by atoms with Crippen LogP contribution in [0.4, 0.5) is 0 Å². The summed E-state index contributed by atoms with van der Waals surface area (Å²) in [4.78, 5) is 46.8. The fraction of sp³-hybridized carbons (Fsp3) is 0.652. The van der Waals surface area contributed by atoms with Gasteiger partial charge < -0.3 is 23.7 Å². The van der Waals surface area contributed by atoms with Crippen LogP contribution in [-0.4, -0.2) is 62.5 Å². The monoisotopic (exact) mass is 454 g/mol. The molecule has 0 N–H and O–H groups in total. The van der Waals surface area contributed by atoms with Gasteiger partial charge in [-0.15, -0.1) is 0 Å². The summed E-state index contributed by atoms with van der Waals surface area (Å²) >= 11 is 0. The second-order valence-corrected chi connectivity index (χ2v) is 7.67. The summed E-state index contributed by atoms with van der Waals surface area (Å²) in [6.07, 6.45) is 1.61. The van der Waals surface area contributed by atoms with Gasteiger partial charge >= 0.3 is 23.9 Å². The molecule has 0 bridgehead atoms. The first kappa shape index (κ1) is 27.4. The van der Waals surface area contributed by atoms with E-state index in [0.29, 0.717) is 49.9 Å². The lowest BCUT2D eigenvalue weighted by atomic mass is 10.1. The topological polar surface area (TPSA) is 114 Å². The highest BCUT2D eigenvalue weighted by Crippen LogP contribution is 2.17. The summed E-state index contributed by atoms with van der Waals surface area (Å²) in [5.74, 6) is -1.73. The van der Waals surface area contributed by atoms with Crippen LogP contribution in [0.2, 0.25) is 0 Å². The summed E-state index contributed by atoms with van der Waals surface area (Å²) in [5.41, 5.74) is 0.657. The van der Waals surface area contributed by atoms with Gasteiger partial charge in [0, 0.05) is 30.4 Å². The Morgan fingerprint density at radius 1 is 0.781 bits per heavy atom. The van der Waals surface area contributed by atoms with Crippen LogP contribution in [0.15, 0.2) is 24.3 Å². The van der Waals surface area contributed by atoms with Crippen molar-refractivity contribution in [2.45, 2.75) is 71.0 Å². The molecule has 9 nitrogen and oxygen atoms in total. The summed E-state index contributed by atoms with van der Waals surface area (Å²) in [6, 6.07) is 0. The van der Waals surface area contributed by atoms with Crippen molar-refractivity contribution in [2.24, 2.45) is 0 Å². The average molecular weight is 455 g/mol.